The highest BCUT2D eigenvalue weighted by molar-refractivity contribution is 14.0. The van der Waals surface area contributed by atoms with Crippen molar-refractivity contribution >= 4 is 41.5 Å². The van der Waals surface area contributed by atoms with Gasteiger partial charge >= 0.3 is 0 Å². The standard InChI is InChI=1S/C17H25N7O.HI/c1-3-15-23-21-13-24(15)11-10-19-17(18-4-2)20-12-16(25)22-14-8-6-5-7-9-14;/h5-9,13H,3-4,10-12H2,1-2H3,(H,22,25)(H2,18,19,20);1H. The monoisotopic (exact) mass is 471 g/mol. The van der Waals surface area contributed by atoms with E-state index in [0.717, 1.165) is 31.0 Å². The molecule has 0 aliphatic heterocycles. The molecule has 2 aromatic rings. The van der Waals surface area contributed by atoms with E-state index in [9.17, 15) is 4.79 Å². The first-order valence-corrected chi connectivity index (χ1v) is 8.46. The Bertz CT molecular complexity index is 687. The molecule has 9 heteroatoms. The summed E-state index contributed by atoms with van der Waals surface area (Å²) in [4.78, 5) is 16.3. The quantitative estimate of drug-likeness (QED) is 0.309. The van der Waals surface area contributed by atoms with Gasteiger partial charge in [0.2, 0.25) is 5.91 Å². The molecule has 0 spiro atoms. The first-order valence-electron chi connectivity index (χ1n) is 8.46. The van der Waals surface area contributed by atoms with Gasteiger partial charge in [-0.3, -0.25) is 4.79 Å². The first-order chi connectivity index (χ1) is 12.2. The van der Waals surface area contributed by atoms with E-state index >= 15 is 0 Å². The van der Waals surface area contributed by atoms with Crippen LogP contribution in [0.2, 0.25) is 0 Å². The average Bonchev–Trinajstić information content (AvgIpc) is 3.08. The molecule has 1 amide bonds. The number of halogens is 1. The van der Waals surface area contributed by atoms with Gasteiger partial charge < -0.3 is 20.5 Å². The number of aliphatic imine (C=N–C) groups is 1. The molecule has 1 heterocycles. The van der Waals surface area contributed by atoms with Crippen LogP contribution in [0.15, 0.2) is 41.7 Å². The van der Waals surface area contributed by atoms with E-state index in [-0.39, 0.29) is 36.4 Å². The zero-order valence-electron chi connectivity index (χ0n) is 15.1. The molecule has 0 atom stereocenters. The SMILES string of the molecule is CCNC(=NCC(=O)Nc1ccccc1)NCCn1cnnc1CC.I. The van der Waals surface area contributed by atoms with Crippen molar-refractivity contribution in [2.75, 3.05) is 25.0 Å². The molecule has 0 saturated carbocycles. The summed E-state index contributed by atoms with van der Waals surface area (Å²) in [7, 11) is 0. The predicted octanol–water partition coefficient (Wildman–Crippen LogP) is 1.65. The third-order valence-electron chi connectivity index (χ3n) is 3.44. The van der Waals surface area contributed by atoms with Gasteiger partial charge in [-0.25, -0.2) is 4.99 Å². The highest BCUT2D eigenvalue weighted by atomic mass is 127. The van der Waals surface area contributed by atoms with Gasteiger partial charge in [-0.05, 0) is 19.1 Å². The third-order valence-corrected chi connectivity index (χ3v) is 3.44. The number of nitrogens with one attached hydrogen (secondary N) is 3. The number of benzene rings is 1. The Balaban J connectivity index is 0.00000338. The summed E-state index contributed by atoms with van der Waals surface area (Å²) in [5, 5.41) is 17.1. The fourth-order valence-electron chi connectivity index (χ4n) is 2.25. The van der Waals surface area contributed by atoms with Crippen molar-refractivity contribution in [2.45, 2.75) is 26.8 Å². The molecule has 1 aromatic heterocycles. The maximum atomic E-state index is 12.0. The van der Waals surface area contributed by atoms with Crippen molar-refractivity contribution in [1.29, 1.82) is 0 Å². The summed E-state index contributed by atoms with van der Waals surface area (Å²) in [6.45, 7) is 6.20. The zero-order valence-corrected chi connectivity index (χ0v) is 17.4. The number of nitrogens with zero attached hydrogens (tertiary/aromatic N) is 4. The summed E-state index contributed by atoms with van der Waals surface area (Å²) < 4.78 is 2.00. The summed E-state index contributed by atoms with van der Waals surface area (Å²) in [6, 6.07) is 9.34. The number of para-hydroxylation sites is 1. The van der Waals surface area contributed by atoms with Crippen molar-refractivity contribution in [3.8, 4) is 0 Å². The normalized spacial score (nSPS) is 10.8. The molecule has 2 rings (SSSR count). The van der Waals surface area contributed by atoms with E-state index in [1.54, 1.807) is 6.33 Å². The van der Waals surface area contributed by atoms with Crippen LogP contribution in [0, 0.1) is 0 Å². The Labute approximate surface area is 170 Å². The summed E-state index contributed by atoms with van der Waals surface area (Å²) in [6.07, 6.45) is 2.56. The number of guanidine groups is 1. The fraction of sp³-hybridized carbons (Fsp3) is 0.412. The number of hydrogen-bond donors (Lipinski definition) is 3. The number of carbonyl (C=O) groups excluding carboxylic acids is 1. The zero-order chi connectivity index (χ0) is 17.9. The number of aryl methyl sites for hydroxylation is 1. The third kappa shape index (κ3) is 7.38. The molecule has 8 nitrogen and oxygen atoms in total. The van der Waals surface area contributed by atoms with Gasteiger partial charge in [0.25, 0.3) is 0 Å². The lowest BCUT2D eigenvalue weighted by molar-refractivity contribution is -0.114. The second-order valence-corrected chi connectivity index (χ2v) is 5.33. The lowest BCUT2D eigenvalue weighted by Gasteiger charge is -2.12. The molecule has 0 aliphatic rings. The van der Waals surface area contributed by atoms with Crippen molar-refractivity contribution in [3.63, 3.8) is 0 Å². The van der Waals surface area contributed by atoms with Crippen LogP contribution >= 0.6 is 24.0 Å². The Morgan fingerprint density at radius 1 is 1.19 bits per heavy atom. The molecule has 0 fully saturated rings. The topological polar surface area (TPSA) is 96.2 Å². The minimum Gasteiger partial charge on any atom is -0.357 e. The number of rotatable bonds is 8. The molecule has 0 aliphatic carbocycles. The maximum absolute atomic E-state index is 12.0. The molecular weight excluding hydrogens is 445 g/mol. The van der Waals surface area contributed by atoms with Gasteiger partial charge in [0.05, 0.1) is 0 Å². The van der Waals surface area contributed by atoms with Gasteiger partial charge in [-0.2, -0.15) is 0 Å². The summed E-state index contributed by atoms with van der Waals surface area (Å²) in [5.74, 6) is 1.40. The molecule has 0 unspecified atom stereocenters. The van der Waals surface area contributed by atoms with Crippen molar-refractivity contribution in [3.05, 3.63) is 42.5 Å². The Kier molecular flexibility index (Phi) is 10.3. The van der Waals surface area contributed by atoms with Gasteiger partial charge in [0, 0.05) is 31.7 Å². The van der Waals surface area contributed by atoms with E-state index in [2.05, 4.69) is 31.1 Å². The number of aromatic nitrogens is 3. The Morgan fingerprint density at radius 2 is 1.96 bits per heavy atom. The molecule has 0 bridgehead atoms. The van der Waals surface area contributed by atoms with E-state index in [4.69, 9.17) is 0 Å². The lowest BCUT2D eigenvalue weighted by atomic mass is 10.3. The van der Waals surface area contributed by atoms with Gasteiger partial charge in [0.1, 0.15) is 18.7 Å². The van der Waals surface area contributed by atoms with Crippen LogP contribution in [-0.4, -0.2) is 46.3 Å². The van der Waals surface area contributed by atoms with Crippen LogP contribution in [-0.2, 0) is 17.8 Å². The molecule has 142 valence electrons. The summed E-state index contributed by atoms with van der Waals surface area (Å²) in [5.41, 5.74) is 0.764. The highest BCUT2D eigenvalue weighted by Crippen LogP contribution is 2.04. The Morgan fingerprint density at radius 3 is 2.65 bits per heavy atom. The molecule has 3 N–H and O–H groups in total. The molecule has 0 saturated heterocycles. The van der Waals surface area contributed by atoms with E-state index in [0.29, 0.717) is 12.5 Å². The van der Waals surface area contributed by atoms with Gasteiger partial charge in [-0.1, -0.05) is 25.1 Å². The number of carbonyl (C=O) groups is 1. The largest absolute Gasteiger partial charge is 0.357 e. The van der Waals surface area contributed by atoms with Crippen LogP contribution in [0.25, 0.3) is 0 Å². The maximum Gasteiger partial charge on any atom is 0.246 e. The van der Waals surface area contributed by atoms with Crippen molar-refractivity contribution < 1.29 is 4.79 Å². The molecule has 26 heavy (non-hydrogen) atoms. The van der Waals surface area contributed by atoms with E-state index in [1.807, 2.05) is 48.7 Å². The summed E-state index contributed by atoms with van der Waals surface area (Å²) >= 11 is 0. The van der Waals surface area contributed by atoms with Crippen molar-refractivity contribution in [2.24, 2.45) is 4.99 Å². The second kappa shape index (κ2) is 12.2. The smallest absolute Gasteiger partial charge is 0.246 e. The van der Waals surface area contributed by atoms with Gasteiger partial charge in [0.15, 0.2) is 5.96 Å². The number of hydrogen-bond acceptors (Lipinski definition) is 4. The molecule has 0 radical (unpaired) electrons. The predicted molar refractivity (Wildman–Crippen MR) is 114 cm³/mol. The number of anilines is 1. The second-order valence-electron chi connectivity index (χ2n) is 5.33. The van der Waals surface area contributed by atoms with Gasteiger partial charge in [-0.15, -0.1) is 34.2 Å². The van der Waals surface area contributed by atoms with Crippen LogP contribution in [0.5, 0.6) is 0 Å². The van der Waals surface area contributed by atoms with Crippen LogP contribution in [0.3, 0.4) is 0 Å². The minimum absolute atomic E-state index is 0. The molecular formula is C17H26IN7O. The van der Waals surface area contributed by atoms with E-state index in [1.165, 1.54) is 0 Å². The molecule has 1 aromatic carbocycles. The first kappa shape index (κ1) is 21.9. The van der Waals surface area contributed by atoms with Crippen molar-refractivity contribution in [1.82, 2.24) is 25.4 Å². The van der Waals surface area contributed by atoms with E-state index < -0.39 is 0 Å². The lowest BCUT2D eigenvalue weighted by Crippen LogP contribution is -2.39. The Hall–Kier alpha value is -2.17. The minimum atomic E-state index is -0.157. The average molecular weight is 471 g/mol. The van der Waals surface area contributed by atoms with Crippen LogP contribution < -0.4 is 16.0 Å². The van der Waals surface area contributed by atoms with Crippen LogP contribution in [0.1, 0.15) is 19.7 Å². The highest BCUT2D eigenvalue weighted by Gasteiger charge is 2.04. The van der Waals surface area contributed by atoms with Crippen LogP contribution in [0.4, 0.5) is 5.69 Å². The fourth-order valence-corrected chi connectivity index (χ4v) is 2.25. The number of amides is 1.